The number of anilines is 1. The third-order valence-corrected chi connectivity index (χ3v) is 4.41. The molecule has 1 fully saturated rings. The van der Waals surface area contributed by atoms with Gasteiger partial charge in [-0.25, -0.2) is 0 Å². The normalized spacial score (nSPS) is 17.1. The van der Waals surface area contributed by atoms with Crippen LogP contribution < -0.4 is 5.32 Å². The predicted molar refractivity (Wildman–Crippen MR) is 91.7 cm³/mol. The van der Waals surface area contributed by atoms with Crippen LogP contribution in [0.15, 0.2) is 48.5 Å². The van der Waals surface area contributed by atoms with Crippen LogP contribution in [0, 0.1) is 5.92 Å². The van der Waals surface area contributed by atoms with Crippen LogP contribution in [0.25, 0.3) is 0 Å². The lowest BCUT2D eigenvalue weighted by molar-refractivity contribution is -0.128. The summed E-state index contributed by atoms with van der Waals surface area (Å²) in [5.74, 6) is -0.514. The van der Waals surface area contributed by atoms with Crippen LogP contribution in [0.4, 0.5) is 5.69 Å². The molecule has 5 nitrogen and oxygen atoms in total. The first kappa shape index (κ1) is 16.3. The molecule has 0 aromatic heterocycles. The fourth-order valence-electron chi connectivity index (χ4n) is 2.72. The molecule has 124 valence electrons. The minimum atomic E-state index is -0.395. The minimum Gasteiger partial charge on any atom is -0.508 e. The average Bonchev–Trinajstić information content (AvgIpc) is 2.93. The zero-order chi connectivity index (χ0) is 17.1. The van der Waals surface area contributed by atoms with Crippen molar-refractivity contribution in [2.45, 2.75) is 13.0 Å². The van der Waals surface area contributed by atoms with Crippen LogP contribution in [-0.4, -0.2) is 28.4 Å². The SMILES string of the molecule is O=C(Nc1ccc(O)cc1)[C@H]1CC(=O)N(Cc2ccccc2Cl)C1. The van der Waals surface area contributed by atoms with Crippen molar-refractivity contribution in [2.75, 3.05) is 11.9 Å². The van der Waals surface area contributed by atoms with E-state index in [2.05, 4.69) is 5.32 Å². The molecule has 2 amide bonds. The zero-order valence-corrected chi connectivity index (χ0v) is 13.7. The second-order valence-electron chi connectivity index (χ2n) is 5.80. The van der Waals surface area contributed by atoms with Crippen molar-refractivity contribution < 1.29 is 14.7 Å². The van der Waals surface area contributed by atoms with Crippen molar-refractivity contribution in [3.05, 3.63) is 59.1 Å². The molecule has 24 heavy (non-hydrogen) atoms. The smallest absolute Gasteiger partial charge is 0.229 e. The van der Waals surface area contributed by atoms with Gasteiger partial charge in [0.05, 0.1) is 5.92 Å². The summed E-state index contributed by atoms with van der Waals surface area (Å²) in [5.41, 5.74) is 1.46. The Morgan fingerprint density at radius 2 is 1.92 bits per heavy atom. The number of nitrogens with one attached hydrogen (secondary N) is 1. The van der Waals surface area contributed by atoms with Gasteiger partial charge in [0.25, 0.3) is 0 Å². The Morgan fingerprint density at radius 3 is 2.62 bits per heavy atom. The van der Waals surface area contributed by atoms with E-state index in [1.807, 2.05) is 18.2 Å². The first-order chi connectivity index (χ1) is 11.5. The van der Waals surface area contributed by atoms with Crippen LogP contribution in [-0.2, 0) is 16.1 Å². The number of carbonyl (C=O) groups excluding carboxylic acids is 2. The average molecular weight is 345 g/mol. The number of carbonyl (C=O) groups is 2. The number of phenols is 1. The Balaban J connectivity index is 1.62. The number of likely N-dealkylation sites (tertiary alicyclic amines) is 1. The number of rotatable bonds is 4. The molecule has 3 rings (SSSR count). The van der Waals surface area contributed by atoms with Crippen molar-refractivity contribution in [1.29, 1.82) is 0 Å². The van der Waals surface area contributed by atoms with Crippen LogP contribution in [0.2, 0.25) is 5.02 Å². The maximum absolute atomic E-state index is 12.3. The van der Waals surface area contributed by atoms with Crippen molar-refractivity contribution in [3.63, 3.8) is 0 Å². The second kappa shape index (κ2) is 6.93. The lowest BCUT2D eigenvalue weighted by atomic mass is 10.1. The Bertz CT molecular complexity index is 761. The maximum Gasteiger partial charge on any atom is 0.229 e. The second-order valence-corrected chi connectivity index (χ2v) is 6.21. The van der Waals surface area contributed by atoms with E-state index in [-0.39, 0.29) is 24.0 Å². The van der Waals surface area contributed by atoms with Crippen LogP contribution in [0.5, 0.6) is 5.75 Å². The van der Waals surface area contributed by atoms with Gasteiger partial charge in [0, 0.05) is 30.2 Å². The van der Waals surface area contributed by atoms with Gasteiger partial charge in [-0.3, -0.25) is 9.59 Å². The molecule has 1 saturated heterocycles. The van der Waals surface area contributed by atoms with Gasteiger partial charge in [0.2, 0.25) is 11.8 Å². The number of hydrogen-bond acceptors (Lipinski definition) is 3. The quantitative estimate of drug-likeness (QED) is 0.838. The number of phenolic OH excluding ortho intramolecular Hbond substituents is 1. The van der Waals surface area contributed by atoms with Crippen molar-refractivity contribution in [1.82, 2.24) is 4.90 Å². The lowest BCUT2D eigenvalue weighted by Crippen LogP contribution is -2.28. The highest BCUT2D eigenvalue weighted by Crippen LogP contribution is 2.24. The van der Waals surface area contributed by atoms with Crippen molar-refractivity contribution in [3.8, 4) is 5.75 Å². The van der Waals surface area contributed by atoms with Crippen LogP contribution >= 0.6 is 11.6 Å². The standard InChI is InChI=1S/C18H17ClN2O3/c19-16-4-2-1-3-12(16)10-21-11-13(9-17(21)23)18(24)20-14-5-7-15(22)8-6-14/h1-8,13,22H,9-11H2,(H,20,24)/t13-/m0/s1. The maximum atomic E-state index is 12.3. The fraction of sp³-hybridized carbons (Fsp3) is 0.222. The molecule has 1 atom stereocenters. The summed E-state index contributed by atoms with van der Waals surface area (Å²) >= 11 is 6.13. The Morgan fingerprint density at radius 1 is 1.21 bits per heavy atom. The van der Waals surface area contributed by atoms with Gasteiger partial charge in [0.15, 0.2) is 0 Å². The Hall–Kier alpha value is -2.53. The van der Waals surface area contributed by atoms with Gasteiger partial charge in [-0.1, -0.05) is 29.8 Å². The topological polar surface area (TPSA) is 69.6 Å². The summed E-state index contributed by atoms with van der Waals surface area (Å²) in [6.45, 7) is 0.773. The third kappa shape index (κ3) is 3.68. The van der Waals surface area contributed by atoms with Gasteiger partial charge < -0.3 is 15.3 Å². The molecule has 2 aromatic rings. The highest BCUT2D eigenvalue weighted by Gasteiger charge is 2.34. The largest absolute Gasteiger partial charge is 0.508 e. The van der Waals surface area contributed by atoms with E-state index in [0.717, 1.165) is 5.56 Å². The summed E-state index contributed by atoms with van der Waals surface area (Å²) < 4.78 is 0. The first-order valence-electron chi connectivity index (χ1n) is 7.64. The minimum absolute atomic E-state index is 0.0548. The van der Waals surface area contributed by atoms with Crippen LogP contribution in [0.1, 0.15) is 12.0 Å². The molecule has 0 radical (unpaired) electrons. The number of halogens is 1. The number of aromatic hydroxyl groups is 1. The van der Waals surface area contributed by atoms with Crippen LogP contribution in [0.3, 0.4) is 0 Å². The Kier molecular flexibility index (Phi) is 4.71. The van der Waals surface area contributed by atoms with E-state index in [4.69, 9.17) is 11.6 Å². The first-order valence-corrected chi connectivity index (χ1v) is 8.02. The molecule has 6 heteroatoms. The number of benzene rings is 2. The van der Waals surface area contributed by atoms with E-state index < -0.39 is 5.92 Å². The van der Waals surface area contributed by atoms with E-state index >= 15 is 0 Å². The van der Waals surface area contributed by atoms with Crippen molar-refractivity contribution in [2.24, 2.45) is 5.92 Å². The number of nitrogens with zero attached hydrogens (tertiary/aromatic N) is 1. The molecule has 2 aromatic carbocycles. The van der Waals surface area contributed by atoms with Crippen molar-refractivity contribution >= 4 is 29.1 Å². The summed E-state index contributed by atoms with van der Waals surface area (Å²) in [5, 5.41) is 12.6. The molecule has 0 spiro atoms. The summed E-state index contributed by atoms with van der Waals surface area (Å²) in [7, 11) is 0. The van der Waals surface area contributed by atoms with E-state index in [1.54, 1.807) is 23.1 Å². The van der Waals surface area contributed by atoms with E-state index in [1.165, 1.54) is 12.1 Å². The Labute approximate surface area is 144 Å². The van der Waals surface area contributed by atoms with E-state index in [9.17, 15) is 14.7 Å². The molecular weight excluding hydrogens is 328 g/mol. The molecule has 1 heterocycles. The van der Waals surface area contributed by atoms with Gasteiger partial charge in [-0.15, -0.1) is 0 Å². The third-order valence-electron chi connectivity index (χ3n) is 4.04. The van der Waals surface area contributed by atoms with Gasteiger partial charge >= 0.3 is 0 Å². The molecule has 0 saturated carbocycles. The number of amides is 2. The fourth-order valence-corrected chi connectivity index (χ4v) is 2.92. The number of hydrogen-bond donors (Lipinski definition) is 2. The molecule has 2 N–H and O–H groups in total. The summed E-state index contributed by atoms with van der Waals surface area (Å²) in [4.78, 5) is 26.2. The molecular formula is C18H17ClN2O3. The molecule has 0 unspecified atom stereocenters. The molecule has 1 aliphatic rings. The lowest BCUT2D eigenvalue weighted by Gasteiger charge is -2.17. The molecule has 0 aliphatic carbocycles. The summed E-state index contributed by atoms with van der Waals surface area (Å²) in [6.07, 6.45) is 0.189. The van der Waals surface area contributed by atoms with Gasteiger partial charge in [-0.2, -0.15) is 0 Å². The molecule has 1 aliphatic heterocycles. The van der Waals surface area contributed by atoms with Gasteiger partial charge in [0.1, 0.15) is 5.75 Å². The summed E-state index contributed by atoms with van der Waals surface area (Å²) in [6, 6.07) is 13.6. The highest BCUT2D eigenvalue weighted by atomic mass is 35.5. The predicted octanol–water partition coefficient (Wildman–Crippen LogP) is 3.03. The zero-order valence-electron chi connectivity index (χ0n) is 12.9. The van der Waals surface area contributed by atoms with E-state index in [0.29, 0.717) is 23.8 Å². The molecule has 0 bridgehead atoms. The highest BCUT2D eigenvalue weighted by molar-refractivity contribution is 6.31. The monoisotopic (exact) mass is 344 g/mol. The van der Waals surface area contributed by atoms with Gasteiger partial charge in [-0.05, 0) is 35.9 Å².